The third kappa shape index (κ3) is 2.57. The largest absolute Gasteiger partial charge is 0.328 e. The Morgan fingerprint density at radius 2 is 2.18 bits per heavy atom. The van der Waals surface area contributed by atoms with E-state index in [0.717, 1.165) is 5.56 Å². The van der Waals surface area contributed by atoms with Crippen molar-refractivity contribution in [2.24, 2.45) is 0 Å². The predicted molar refractivity (Wildman–Crippen MR) is 64.0 cm³/mol. The maximum atomic E-state index is 11.8. The molecule has 0 aliphatic heterocycles. The van der Waals surface area contributed by atoms with E-state index in [9.17, 15) is 9.59 Å². The first kappa shape index (κ1) is 11.1. The first-order chi connectivity index (χ1) is 8.16. The highest BCUT2D eigenvalue weighted by Gasteiger charge is 2.07. The molecular formula is C12H11N3O2. The monoisotopic (exact) mass is 229 g/mol. The number of nitrogens with zero attached hydrogens (tertiary/aromatic N) is 1. The molecule has 0 unspecified atom stereocenters. The Morgan fingerprint density at radius 3 is 2.82 bits per heavy atom. The second-order valence-electron chi connectivity index (χ2n) is 3.59. The lowest BCUT2D eigenvalue weighted by Gasteiger charge is -2.06. The average molecular weight is 229 g/mol. The van der Waals surface area contributed by atoms with E-state index < -0.39 is 0 Å². The van der Waals surface area contributed by atoms with Crippen LogP contribution >= 0.6 is 0 Å². The van der Waals surface area contributed by atoms with Gasteiger partial charge in [-0.25, -0.2) is 0 Å². The number of aromatic amines is 1. The lowest BCUT2D eigenvalue weighted by molar-refractivity contribution is 0.102. The van der Waals surface area contributed by atoms with E-state index in [1.54, 1.807) is 12.4 Å². The van der Waals surface area contributed by atoms with Crippen molar-refractivity contribution in [1.82, 2.24) is 9.97 Å². The Hall–Kier alpha value is -2.43. The molecule has 5 heteroatoms. The van der Waals surface area contributed by atoms with Gasteiger partial charge in [0.15, 0.2) is 0 Å². The van der Waals surface area contributed by atoms with Crippen LogP contribution in [0.5, 0.6) is 0 Å². The van der Waals surface area contributed by atoms with E-state index in [4.69, 9.17) is 0 Å². The van der Waals surface area contributed by atoms with Gasteiger partial charge in [0.2, 0.25) is 5.56 Å². The third-order valence-corrected chi connectivity index (χ3v) is 2.33. The number of hydrogen-bond acceptors (Lipinski definition) is 3. The van der Waals surface area contributed by atoms with E-state index in [0.29, 0.717) is 11.3 Å². The summed E-state index contributed by atoms with van der Waals surface area (Å²) < 4.78 is 0. The van der Waals surface area contributed by atoms with Crippen molar-refractivity contribution < 1.29 is 4.79 Å². The van der Waals surface area contributed by atoms with Crippen LogP contribution in [0.15, 0.2) is 41.6 Å². The molecule has 2 aromatic rings. The topological polar surface area (TPSA) is 74.8 Å². The number of hydrogen-bond donors (Lipinski definition) is 2. The molecule has 2 N–H and O–H groups in total. The standard InChI is InChI=1S/C12H11N3O2/c1-8-4-5-13-7-10(8)15-12(17)9-2-3-11(16)14-6-9/h2-7H,1H3,(H,14,16)(H,15,17). The summed E-state index contributed by atoms with van der Waals surface area (Å²) in [6, 6.07) is 4.59. The van der Waals surface area contributed by atoms with Crippen molar-refractivity contribution in [2.75, 3.05) is 5.32 Å². The van der Waals surface area contributed by atoms with Crippen LogP contribution in [0.1, 0.15) is 15.9 Å². The van der Waals surface area contributed by atoms with Crippen LogP contribution in [0.2, 0.25) is 0 Å². The number of anilines is 1. The highest BCUT2D eigenvalue weighted by molar-refractivity contribution is 6.04. The van der Waals surface area contributed by atoms with Gasteiger partial charge in [-0.1, -0.05) is 0 Å². The van der Waals surface area contributed by atoms with E-state index in [1.807, 2.05) is 13.0 Å². The molecule has 0 fully saturated rings. The van der Waals surface area contributed by atoms with Crippen molar-refractivity contribution in [1.29, 1.82) is 0 Å². The van der Waals surface area contributed by atoms with Crippen LogP contribution in [0.4, 0.5) is 5.69 Å². The van der Waals surface area contributed by atoms with Gasteiger partial charge in [0.05, 0.1) is 17.4 Å². The summed E-state index contributed by atoms with van der Waals surface area (Å²) in [5, 5.41) is 2.72. The molecule has 17 heavy (non-hydrogen) atoms. The van der Waals surface area contributed by atoms with Crippen LogP contribution in [-0.2, 0) is 0 Å². The molecule has 2 rings (SSSR count). The summed E-state index contributed by atoms with van der Waals surface area (Å²) in [6.45, 7) is 1.88. The molecule has 2 aromatic heterocycles. The van der Waals surface area contributed by atoms with Crippen LogP contribution in [-0.4, -0.2) is 15.9 Å². The predicted octanol–water partition coefficient (Wildman–Crippen LogP) is 1.33. The van der Waals surface area contributed by atoms with Crippen molar-refractivity contribution >= 4 is 11.6 Å². The Balaban J connectivity index is 2.20. The van der Waals surface area contributed by atoms with Crippen LogP contribution < -0.4 is 10.9 Å². The summed E-state index contributed by atoms with van der Waals surface area (Å²) >= 11 is 0. The molecule has 86 valence electrons. The summed E-state index contributed by atoms with van der Waals surface area (Å²) in [5.41, 5.74) is 1.74. The van der Waals surface area contributed by atoms with Crippen LogP contribution in [0.3, 0.4) is 0 Å². The fraction of sp³-hybridized carbons (Fsp3) is 0.0833. The molecule has 0 spiro atoms. The normalized spacial score (nSPS) is 9.94. The Kier molecular flexibility index (Phi) is 3.00. The van der Waals surface area contributed by atoms with E-state index in [-0.39, 0.29) is 11.5 Å². The number of rotatable bonds is 2. The summed E-state index contributed by atoms with van der Waals surface area (Å²) in [6.07, 6.45) is 4.62. The Bertz CT molecular complexity index is 584. The van der Waals surface area contributed by atoms with Gasteiger partial charge in [0, 0.05) is 18.5 Å². The van der Waals surface area contributed by atoms with Gasteiger partial charge in [-0.05, 0) is 24.6 Å². The molecular weight excluding hydrogens is 218 g/mol. The molecule has 0 bridgehead atoms. The number of nitrogens with one attached hydrogen (secondary N) is 2. The van der Waals surface area contributed by atoms with Gasteiger partial charge >= 0.3 is 0 Å². The van der Waals surface area contributed by atoms with Gasteiger partial charge in [0.1, 0.15) is 0 Å². The molecule has 0 radical (unpaired) electrons. The number of aromatic nitrogens is 2. The molecule has 5 nitrogen and oxygen atoms in total. The molecule has 0 atom stereocenters. The van der Waals surface area contributed by atoms with Crippen molar-refractivity contribution in [2.45, 2.75) is 6.92 Å². The van der Waals surface area contributed by atoms with Crippen LogP contribution in [0.25, 0.3) is 0 Å². The minimum atomic E-state index is -0.280. The summed E-state index contributed by atoms with van der Waals surface area (Å²) in [5.74, 6) is -0.280. The maximum absolute atomic E-state index is 11.8. The maximum Gasteiger partial charge on any atom is 0.257 e. The SMILES string of the molecule is Cc1ccncc1NC(=O)c1ccc(=O)[nH]c1. The van der Waals surface area contributed by atoms with Crippen molar-refractivity contribution in [3.8, 4) is 0 Å². The van der Waals surface area contributed by atoms with E-state index >= 15 is 0 Å². The lowest BCUT2D eigenvalue weighted by atomic mass is 10.2. The number of carbonyl (C=O) groups is 1. The van der Waals surface area contributed by atoms with Crippen LogP contribution in [0, 0.1) is 6.92 Å². The van der Waals surface area contributed by atoms with Gasteiger partial charge in [-0.2, -0.15) is 0 Å². The smallest absolute Gasteiger partial charge is 0.257 e. The highest BCUT2D eigenvalue weighted by atomic mass is 16.1. The lowest BCUT2D eigenvalue weighted by Crippen LogP contribution is -2.15. The van der Waals surface area contributed by atoms with Gasteiger partial charge < -0.3 is 10.3 Å². The fourth-order valence-corrected chi connectivity index (χ4v) is 1.34. The molecule has 0 aliphatic rings. The minimum Gasteiger partial charge on any atom is -0.328 e. The highest BCUT2D eigenvalue weighted by Crippen LogP contribution is 2.12. The van der Waals surface area contributed by atoms with Gasteiger partial charge in [-0.3, -0.25) is 14.6 Å². The fourth-order valence-electron chi connectivity index (χ4n) is 1.34. The molecule has 0 aliphatic carbocycles. The van der Waals surface area contributed by atoms with Gasteiger partial charge in [0.25, 0.3) is 5.91 Å². The van der Waals surface area contributed by atoms with Gasteiger partial charge in [-0.15, -0.1) is 0 Å². The quantitative estimate of drug-likeness (QED) is 0.815. The zero-order chi connectivity index (χ0) is 12.3. The first-order valence-electron chi connectivity index (χ1n) is 5.07. The first-order valence-corrected chi connectivity index (χ1v) is 5.07. The van der Waals surface area contributed by atoms with E-state index in [1.165, 1.54) is 18.3 Å². The summed E-state index contributed by atoms with van der Waals surface area (Å²) in [7, 11) is 0. The Labute approximate surface area is 97.5 Å². The number of aryl methyl sites for hydroxylation is 1. The Morgan fingerprint density at radius 1 is 1.35 bits per heavy atom. The molecule has 2 heterocycles. The number of amides is 1. The van der Waals surface area contributed by atoms with Crippen molar-refractivity contribution in [3.63, 3.8) is 0 Å². The minimum absolute atomic E-state index is 0.237. The summed E-state index contributed by atoms with van der Waals surface area (Å²) in [4.78, 5) is 29.1. The second-order valence-corrected chi connectivity index (χ2v) is 3.59. The molecule has 0 saturated heterocycles. The number of H-pyrrole nitrogens is 1. The van der Waals surface area contributed by atoms with Crippen molar-refractivity contribution in [3.05, 3.63) is 58.3 Å². The third-order valence-electron chi connectivity index (χ3n) is 2.33. The molecule has 1 amide bonds. The molecule has 0 saturated carbocycles. The molecule has 0 aromatic carbocycles. The second kappa shape index (κ2) is 4.61. The van der Waals surface area contributed by atoms with E-state index in [2.05, 4.69) is 15.3 Å². The zero-order valence-electron chi connectivity index (χ0n) is 9.23. The number of carbonyl (C=O) groups excluding carboxylic acids is 1. The zero-order valence-corrected chi connectivity index (χ0v) is 9.23. The number of pyridine rings is 2. The average Bonchev–Trinajstić information content (AvgIpc) is 2.33.